The maximum absolute atomic E-state index is 13.7. The number of hydrogen-bond acceptors (Lipinski definition) is 9. The van der Waals surface area contributed by atoms with Crippen molar-refractivity contribution in [3.05, 3.63) is 70.5 Å². The van der Waals surface area contributed by atoms with Crippen LogP contribution in [0.5, 0.6) is 0 Å². The number of hydrogen-bond donors (Lipinski definition) is 3. The van der Waals surface area contributed by atoms with Crippen LogP contribution in [0.4, 0.5) is 29.6 Å². The Balaban J connectivity index is 1.19. The van der Waals surface area contributed by atoms with Crippen molar-refractivity contribution < 1.29 is 27.6 Å². The molecule has 10 nitrogen and oxygen atoms in total. The average Bonchev–Trinajstić information content (AvgIpc) is 3.28. The van der Waals surface area contributed by atoms with E-state index in [9.17, 15) is 27.6 Å². The predicted octanol–water partition coefficient (Wildman–Crippen LogP) is 4.85. The number of alkyl halides is 3. The molecule has 2 fully saturated rings. The number of anilines is 2. The fourth-order valence-electron chi connectivity index (χ4n) is 4.85. The molecule has 5 rings (SSSR count). The van der Waals surface area contributed by atoms with Gasteiger partial charge in [-0.3, -0.25) is 19.7 Å². The summed E-state index contributed by atoms with van der Waals surface area (Å²) < 4.78 is 41.0. The number of pyridine rings is 1. The highest BCUT2D eigenvalue weighted by molar-refractivity contribution is 8.18. The van der Waals surface area contributed by atoms with Gasteiger partial charge in [-0.2, -0.15) is 13.2 Å². The average molecular weight is 612 g/mol. The van der Waals surface area contributed by atoms with Gasteiger partial charge in [0.05, 0.1) is 16.3 Å². The van der Waals surface area contributed by atoms with Crippen molar-refractivity contribution in [2.45, 2.75) is 32.5 Å². The van der Waals surface area contributed by atoms with Gasteiger partial charge >= 0.3 is 6.18 Å². The molecule has 14 heteroatoms. The van der Waals surface area contributed by atoms with E-state index in [1.165, 1.54) is 6.92 Å². The van der Waals surface area contributed by atoms with Gasteiger partial charge in [0.15, 0.2) is 0 Å². The number of benzene rings is 1. The van der Waals surface area contributed by atoms with E-state index in [4.69, 9.17) is 0 Å². The summed E-state index contributed by atoms with van der Waals surface area (Å²) in [6, 6.07) is 10.9. The molecule has 0 bridgehead atoms. The third-order valence-electron chi connectivity index (χ3n) is 6.90. The monoisotopic (exact) mass is 611 g/mol. The molecule has 2 saturated heterocycles. The van der Waals surface area contributed by atoms with Crippen molar-refractivity contribution in [2.24, 2.45) is 5.92 Å². The van der Waals surface area contributed by atoms with Crippen LogP contribution in [0.1, 0.15) is 36.7 Å². The van der Waals surface area contributed by atoms with E-state index < -0.39 is 23.0 Å². The Morgan fingerprint density at radius 3 is 2.63 bits per heavy atom. The lowest BCUT2D eigenvalue weighted by molar-refractivity contribution is -0.141. The summed E-state index contributed by atoms with van der Waals surface area (Å²) in [5.41, 5.74) is 1.11. The summed E-state index contributed by atoms with van der Waals surface area (Å²) in [6.07, 6.45) is 0.221. The van der Waals surface area contributed by atoms with Crippen LogP contribution in [-0.4, -0.2) is 51.6 Å². The van der Waals surface area contributed by atoms with Crippen LogP contribution >= 0.6 is 11.8 Å². The maximum Gasteiger partial charge on any atom is 0.433 e. The van der Waals surface area contributed by atoms with Crippen molar-refractivity contribution >= 4 is 46.5 Å². The second kappa shape index (κ2) is 12.9. The van der Waals surface area contributed by atoms with Gasteiger partial charge in [-0.15, -0.1) is 0 Å². The number of carbonyl (C=O) groups excluding carboxylic acids is 3. The Labute approximate surface area is 249 Å². The first-order chi connectivity index (χ1) is 20.5. The van der Waals surface area contributed by atoms with Crippen LogP contribution in [-0.2, 0) is 22.3 Å². The SMILES string of the molecule is CC(=O)Nc1cccc(-c2cc(CNCC3CCN(c4nccc(/C=C5\SC(=O)NC5=O)n4)CC3)cc(C(F)(F)F)n2)c1. The minimum Gasteiger partial charge on any atom is -0.341 e. The van der Waals surface area contributed by atoms with E-state index in [0.29, 0.717) is 54.0 Å². The highest BCUT2D eigenvalue weighted by Crippen LogP contribution is 2.32. The van der Waals surface area contributed by atoms with Crippen molar-refractivity contribution in [1.82, 2.24) is 25.6 Å². The summed E-state index contributed by atoms with van der Waals surface area (Å²) in [7, 11) is 0. The van der Waals surface area contributed by atoms with Crippen molar-refractivity contribution in [2.75, 3.05) is 29.9 Å². The number of amides is 3. The number of nitrogens with zero attached hydrogens (tertiary/aromatic N) is 4. The topological polar surface area (TPSA) is 129 Å². The molecule has 0 saturated carbocycles. The van der Waals surface area contributed by atoms with Crippen LogP contribution < -0.4 is 20.9 Å². The Kier molecular flexibility index (Phi) is 9.06. The van der Waals surface area contributed by atoms with E-state index in [1.54, 1.807) is 48.7 Å². The zero-order valence-corrected chi connectivity index (χ0v) is 23.9. The summed E-state index contributed by atoms with van der Waals surface area (Å²) in [6.45, 7) is 3.61. The molecule has 3 amide bonds. The molecule has 0 spiro atoms. The zero-order chi connectivity index (χ0) is 30.6. The van der Waals surface area contributed by atoms with Crippen LogP contribution in [0, 0.1) is 5.92 Å². The Morgan fingerprint density at radius 2 is 1.93 bits per heavy atom. The van der Waals surface area contributed by atoms with E-state index in [-0.39, 0.29) is 23.1 Å². The van der Waals surface area contributed by atoms with Gasteiger partial charge < -0.3 is 15.5 Å². The maximum atomic E-state index is 13.7. The lowest BCUT2D eigenvalue weighted by atomic mass is 9.97. The zero-order valence-electron chi connectivity index (χ0n) is 23.1. The molecule has 0 unspecified atom stereocenters. The van der Waals surface area contributed by atoms with Crippen LogP contribution in [0.25, 0.3) is 17.3 Å². The number of thioether (sulfide) groups is 1. The number of halogens is 3. The molecule has 2 aliphatic heterocycles. The van der Waals surface area contributed by atoms with Crippen molar-refractivity contribution in [3.63, 3.8) is 0 Å². The van der Waals surface area contributed by atoms with Gasteiger partial charge in [-0.25, -0.2) is 15.0 Å². The molecule has 2 aromatic heterocycles. The van der Waals surface area contributed by atoms with Crippen LogP contribution in [0.3, 0.4) is 0 Å². The predicted molar refractivity (Wildman–Crippen MR) is 157 cm³/mol. The third kappa shape index (κ3) is 7.96. The van der Waals surface area contributed by atoms with E-state index in [1.807, 2.05) is 4.90 Å². The molecular formula is C29H28F3N7O3S. The van der Waals surface area contributed by atoms with Gasteiger partial charge in [0.1, 0.15) is 5.69 Å². The number of imide groups is 1. The number of nitrogens with one attached hydrogen (secondary N) is 3. The quantitative estimate of drug-likeness (QED) is 0.306. The highest BCUT2D eigenvalue weighted by Gasteiger charge is 2.33. The molecule has 2 aliphatic rings. The Hall–Kier alpha value is -4.30. The number of aromatic nitrogens is 3. The lowest BCUT2D eigenvalue weighted by Gasteiger charge is -2.32. The fraction of sp³-hybridized carbons (Fsp3) is 0.310. The molecule has 4 heterocycles. The molecule has 0 radical (unpaired) electrons. The van der Waals surface area contributed by atoms with E-state index in [2.05, 4.69) is 30.9 Å². The smallest absolute Gasteiger partial charge is 0.341 e. The standard InChI is InChI=1S/C29H28F3N7O3S/c1-17(40)35-21-4-2-3-20(13-21)23-11-19(12-25(37-23)29(30,31)32)16-33-15-18-6-9-39(10-7-18)27-34-8-5-22(36-27)14-24-26(41)38-28(42)43-24/h2-5,8,11-14,18,33H,6-7,9-10,15-16H2,1H3,(H,35,40)(H,38,41,42)/b24-14-. The van der Waals surface area contributed by atoms with Gasteiger partial charge in [0, 0.05) is 44.0 Å². The van der Waals surface area contributed by atoms with Gasteiger partial charge in [0.2, 0.25) is 11.9 Å². The molecule has 1 aromatic carbocycles. The van der Waals surface area contributed by atoms with Crippen LogP contribution in [0.2, 0.25) is 0 Å². The molecule has 224 valence electrons. The number of piperidine rings is 1. The largest absolute Gasteiger partial charge is 0.433 e. The normalized spacial score (nSPS) is 16.9. The molecule has 0 atom stereocenters. The van der Waals surface area contributed by atoms with Gasteiger partial charge in [0.25, 0.3) is 11.1 Å². The van der Waals surface area contributed by atoms with Crippen LogP contribution in [0.15, 0.2) is 53.6 Å². The highest BCUT2D eigenvalue weighted by atomic mass is 32.2. The summed E-state index contributed by atoms with van der Waals surface area (Å²) >= 11 is 0.828. The first-order valence-electron chi connectivity index (χ1n) is 13.5. The second-order valence-corrected chi connectivity index (χ2v) is 11.2. The third-order valence-corrected chi connectivity index (χ3v) is 7.71. The summed E-state index contributed by atoms with van der Waals surface area (Å²) in [5, 5.41) is 7.74. The molecule has 43 heavy (non-hydrogen) atoms. The second-order valence-electron chi connectivity index (χ2n) is 10.2. The lowest BCUT2D eigenvalue weighted by Crippen LogP contribution is -2.38. The minimum absolute atomic E-state index is 0.170. The fourth-order valence-corrected chi connectivity index (χ4v) is 5.52. The summed E-state index contributed by atoms with van der Waals surface area (Å²) in [5.74, 6) is 0.111. The van der Waals surface area contributed by atoms with Gasteiger partial charge in [-0.05, 0) is 79.0 Å². The minimum atomic E-state index is -4.61. The van der Waals surface area contributed by atoms with E-state index in [0.717, 1.165) is 30.7 Å². The molecule has 3 N–H and O–H groups in total. The van der Waals surface area contributed by atoms with Crippen molar-refractivity contribution in [1.29, 1.82) is 0 Å². The van der Waals surface area contributed by atoms with Gasteiger partial charge in [-0.1, -0.05) is 12.1 Å². The first-order valence-corrected chi connectivity index (χ1v) is 14.3. The Bertz CT molecular complexity index is 1570. The number of carbonyl (C=O) groups is 3. The van der Waals surface area contributed by atoms with E-state index >= 15 is 0 Å². The molecule has 3 aromatic rings. The molecule has 0 aliphatic carbocycles. The molecular weight excluding hydrogens is 583 g/mol. The summed E-state index contributed by atoms with van der Waals surface area (Å²) in [4.78, 5) is 49.7. The first kappa shape index (κ1) is 30.2. The van der Waals surface area contributed by atoms with Crippen molar-refractivity contribution in [3.8, 4) is 11.3 Å². The number of rotatable bonds is 8. The Morgan fingerprint density at radius 1 is 1.14 bits per heavy atom.